The molecule has 1 aromatic heterocycles. The van der Waals surface area contributed by atoms with Crippen LogP contribution < -0.4 is 10.1 Å². The molecule has 0 saturated carbocycles. The number of ketones is 1. The Hall–Kier alpha value is -3.15. The van der Waals surface area contributed by atoms with Crippen LogP contribution in [0.5, 0.6) is 5.88 Å². The van der Waals surface area contributed by atoms with Crippen molar-refractivity contribution in [3.05, 3.63) is 76.9 Å². The van der Waals surface area contributed by atoms with Crippen molar-refractivity contribution in [2.75, 3.05) is 17.7 Å². The van der Waals surface area contributed by atoms with Crippen molar-refractivity contribution in [1.82, 2.24) is 4.98 Å². The Morgan fingerprint density at radius 3 is 2.35 bits per heavy atom. The summed E-state index contributed by atoms with van der Waals surface area (Å²) < 4.78 is 75.1. The number of hydrogen-bond donors (Lipinski definition) is 2. The minimum Gasteiger partial charge on any atom is -0.475 e. The van der Waals surface area contributed by atoms with Crippen LogP contribution >= 0.6 is 11.6 Å². The van der Waals surface area contributed by atoms with E-state index in [1.165, 1.54) is 12.3 Å². The number of nitrogens with one attached hydrogen (secondary N) is 1. The van der Waals surface area contributed by atoms with Crippen molar-refractivity contribution < 1.29 is 35.7 Å². The van der Waals surface area contributed by atoms with Crippen LogP contribution in [-0.2, 0) is 16.3 Å². The molecule has 1 atom stereocenters. The molecule has 0 aliphatic carbocycles. The number of pyridine rings is 1. The number of nitrogens with zero attached hydrogens (tertiary/aromatic N) is 1. The highest BCUT2D eigenvalue weighted by atomic mass is 35.5. The fraction of sp³-hybridized carbons (Fsp3) is 0.357. The Kier molecular flexibility index (Phi) is 10.6. The average Bonchev–Trinajstić information content (AvgIpc) is 2.86. The number of alkyl halides is 3. The average molecular weight is 599 g/mol. The number of hydrogen-bond acceptors (Lipinski definition) is 6. The molecule has 3 aromatic rings. The number of aromatic nitrogens is 1. The summed E-state index contributed by atoms with van der Waals surface area (Å²) in [6.45, 7) is 4.43. The Morgan fingerprint density at radius 1 is 1.10 bits per heavy atom. The number of carbonyl (C=O) groups excluding carboxylic acids is 1. The van der Waals surface area contributed by atoms with Crippen LogP contribution in [0.25, 0.3) is 11.1 Å². The first kappa shape index (κ1) is 31.4. The monoisotopic (exact) mass is 598 g/mol. The number of anilines is 1. The summed E-state index contributed by atoms with van der Waals surface area (Å²) in [7, 11) is -4.10. The zero-order valence-electron chi connectivity index (χ0n) is 21.9. The van der Waals surface area contributed by atoms with Crippen LogP contribution in [0.3, 0.4) is 0 Å². The second-order valence-corrected chi connectivity index (χ2v) is 11.7. The summed E-state index contributed by atoms with van der Waals surface area (Å²) in [4.78, 5) is 16.6. The summed E-state index contributed by atoms with van der Waals surface area (Å²) in [6.07, 6.45) is -2.17. The van der Waals surface area contributed by atoms with Crippen molar-refractivity contribution in [3.63, 3.8) is 0 Å². The Morgan fingerprint density at radius 2 is 1.80 bits per heavy atom. The maximum absolute atomic E-state index is 12.9. The Balaban J connectivity index is 1.60. The van der Waals surface area contributed by atoms with Crippen molar-refractivity contribution >= 4 is 33.2 Å². The van der Waals surface area contributed by atoms with E-state index in [0.717, 1.165) is 24.2 Å². The molecule has 3 rings (SSSR count). The third-order valence-corrected chi connectivity index (χ3v) is 7.03. The maximum atomic E-state index is 12.9. The van der Waals surface area contributed by atoms with Crippen molar-refractivity contribution in [3.8, 4) is 17.0 Å². The lowest BCUT2D eigenvalue weighted by Crippen LogP contribution is -2.29. The summed E-state index contributed by atoms with van der Waals surface area (Å²) in [6, 6.07) is 13.2. The molecule has 7 nitrogen and oxygen atoms in total. The smallest absolute Gasteiger partial charge is 0.416 e. The van der Waals surface area contributed by atoms with Crippen molar-refractivity contribution in [1.29, 1.82) is 0 Å². The number of benzene rings is 2. The first-order valence-electron chi connectivity index (χ1n) is 12.5. The number of halogens is 4. The van der Waals surface area contributed by atoms with E-state index in [-0.39, 0.29) is 36.3 Å². The molecule has 0 saturated heterocycles. The van der Waals surface area contributed by atoms with E-state index >= 15 is 0 Å². The highest BCUT2D eigenvalue weighted by Gasteiger charge is 2.31. The largest absolute Gasteiger partial charge is 0.475 e. The van der Waals surface area contributed by atoms with Crippen LogP contribution in [0.15, 0.2) is 60.8 Å². The molecule has 40 heavy (non-hydrogen) atoms. The molecular formula is C28H30ClF3N2O5S. The van der Waals surface area contributed by atoms with Gasteiger partial charge in [0, 0.05) is 46.1 Å². The van der Waals surface area contributed by atoms with Gasteiger partial charge in [-0.3, -0.25) is 9.35 Å². The van der Waals surface area contributed by atoms with E-state index in [1.54, 1.807) is 36.4 Å². The van der Waals surface area contributed by atoms with Gasteiger partial charge in [-0.2, -0.15) is 21.6 Å². The first-order chi connectivity index (χ1) is 18.7. The SMILES string of the molecule is CC(C)C[C@@H](COc1ccc(-c2ccc(C(F)(F)F)cc2Cl)cn1)Nc1ccc(C(=O)CCCS(=O)(=O)O)cc1. The molecule has 1 heterocycles. The van der Waals surface area contributed by atoms with E-state index in [2.05, 4.69) is 24.1 Å². The minimum atomic E-state index is -4.48. The summed E-state index contributed by atoms with van der Waals surface area (Å²) >= 11 is 6.09. The lowest BCUT2D eigenvalue weighted by molar-refractivity contribution is -0.137. The van der Waals surface area contributed by atoms with Gasteiger partial charge in [0.1, 0.15) is 6.61 Å². The van der Waals surface area contributed by atoms with Crippen LogP contribution in [0.4, 0.5) is 18.9 Å². The lowest BCUT2D eigenvalue weighted by atomic mass is 10.0. The third-order valence-electron chi connectivity index (χ3n) is 5.92. The van der Waals surface area contributed by atoms with Gasteiger partial charge in [0.2, 0.25) is 5.88 Å². The molecule has 0 unspecified atom stereocenters. The molecule has 216 valence electrons. The van der Waals surface area contributed by atoms with E-state index in [9.17, 15) is 26.4 Å². The highest BCUT2D eigenvalue weighted by Crippen LogP contribution is 2.35. The number of Topliss-reactive ketones (excluding diaryl/α,β-unsaturated/α-hetero) is 1. The molecule has 0 fully saturated rings. The second kappa shape index (κ2) is 13.5. The van der Waals surface area contributed by atoms with Gasteiger partial charge in [0.05, 0.1) is 17.4 Å². The molecule has 2 N–H and O–H groups in total. The number of rotatable bonds is 13. The zero-order chi connectivity index (χ0) is 29.5. The molecule has 0 radical (unpaired) electrons. The van der Waals surface area contributed by atoms with E-state index in [1.807, 2.05) is 0 Å². The van der Waals surface area contributed by atoms with Gasteiger partial charge in [-0.25, -0.2) is 4.98 Å². The van der Waals surface area contributed by atoms with E-state index < -0.39 is 27.6 Å². The lowest BCUT2D eigenvalue weighted by Gasteiger charge is -2.22. The second-order valence-electron chi connectivity index (χ2n) is 9.75. The number of carbonyl (C=O) groups is 1. The molecule has 12 heteroatoms. The zero-order valence-corrected chi connectivity index (χ0v) is 23.5. The van der Waals surface area contributed by atoms with Crippen LogP contribution in [-0.4, -0.2) is 42.1 Å². The predicted octanol–water partition coefficient (Wildman–Crippen LogP) is 7.18. The van der Waals surface area contributed by atoms with Gasteiger partial charge in [0.15, 0.2) is 5.78 Å². The van der Waals surface area contributed by atoms with Gasteiger partial charge >= 0.3 is 6.18 Å². The maximum Gasteiger partial charge on any atom is 0.416 e. The quantitative estimate of drug-likeness (QED) is 0.159. The van der Waals surface area contributed by atoms with Gasteiger partial charge in [-0.05, 0) is 61.2 Å². The third kappa shape index (κ3) is 9.79. The Bertz CT molecular complexity index is 1400. The molecule has 0 aliphatic heterocycles. The Labute approximate surface area is 236 Å². The minimum absolute atomic E-state index is 0.00718. The van der Waals surface area contributed by atoms with E-state index in [0.29, 0.717) is 28.5 Å². The van der Waals surface area contributed by atoms with Gasteiger partial charge in [0.25, 0.3) is 10.1 Å². The van der Waals surface area contributed by atoms with Crippen LogP contribution in [0.1, 0.15) is 49.0 Å². The van der Waals surface area contributed by atoms with E-state index in [4.69, 9.17) is 20.9 Å². The van der Waals surface area contributed by atoms with Crippen LogP contribution in [0, 0.1) is 5.92 Å². The molecule has 0 amide bonds. The van der Waals surface area contributed by atoms with Crippen molar-refractivity contribution in [2.45, 2.75) is 45.3 Å². The summed E-state index contributed by atoms with van der Waals surface area (Å²) in [5.74, 6) is 0.00906. The fourth-order valence-corrected chi connectivity index (χ4v) is 4.82. The van der Waals surface area contributed by atoms with Gasteiger partial charge < -0.3 is 10.1 Å². The predicted molar refractivity (Wildman–Crippen MR) is 148 cm³/mol. The van der Waals surface area contributed by atoms with Crippen LogP contribution in [0.2, 0.25) is 5.02 Å². The fourth-order valence-electron chi connectivity index (χ4n) is 4.02. The molecule has 0 aliphatic rings. The number of ether oxygens (including phenoxy) is 1. The topological polar surface area (TPSA) is 106 Å². The molecule has 0 spiro atoms. The molecule has 0 bridgehead atoms. The summed E-state index contributed by atoms with van der Waals surface area (Å²) in [5.41, 5.74) is 1.36. The summed E-state index contributed by atoms with van der Waals surface area (Å²) in [5, 5.41) is 3.36. The molecular weight excluding hydrogens is 569 g/mol. The highest BCUT2D eigenvalue weighted by molar-refractivity contribution is 7.85. The van der Waals surface area contributed by atoms with Gasteiger partial charge in [-0.15, -0.1) is 0 Å². The van der Waals surface area contributed by atoms with Gasteiger partial charge in [-0.1, -0.05) is 31.5 Å². The van der Waals surface area contributed by atoms with Crippen molar-refractivity contribution in [2.24, 2.45) is 5.92 Å². The first-order valence-corrected chi connectivity index (χ1v) is 14.5. The standard InChI is InChI=1S/C28H30ClF3N2O5S/c1-18(2)14-23(34-22-9-5-19(6-10-22)26(35)4-3-13-40(36,37)38)17-39-27-12-7-20(16-33-27)24-11-8-21(15-25(24)29)28(30,31)32/h5-12,15-16,18,23,34H,3-4,13-14,17H2,1-2H3,(H,36,37,38)/t23-/m0/s1. The molecule has 2 aromatic carbocycles. The normalized spacial score (nSPS) is 12.8.